The Balaban J connectivity index is 0.00000126. The number of para-hydroxylation sites is 1. The third-order valence-corrected chi connectivity index (χ3v) is 3.92. The lowest BCUT2D eigenvalue weighted by atomic mass is 10.0. The lowest BCUT2D eigenvalue weighted by Gasteiger charge is -2.12. The van der Waals surface area contributed by atoms with Crippen molar-refractivity contribution >= 4 is 17.6 Å². The molecule has 27 heavy (non-hydrogen) atoms. The number of carboxylic acids is 1. The summed E-state index contributed by atoms with van der Waals surface area (Å²) in [7, 11) is 0. The fourth-order valence-corrected chi connectivity index (χ4v) is 2.47. The number of aromatic nitrogens is 2. The van der Waals surface area contributed by atoms with Crippen LogP contribution in [0.3, 0.4) is 0 Å². The van der Waals surface area contributed by atoms with Crippen LogP contribution in [0.1, 0.15) is 35.5 Å². The fourth-order valence-electron chi connectivity index (χ4n) is 2.47. The second kappa shape index (κ2) is 8.80. The zero-order valence-electron chi connectivity index (χ0n) is 15.8. The van der Waals surface area contributed by atoms with Gasteiger partial charge in [0.1, 0.15) is 11.3 Å². The van der Waals surface area contributed by atoms with E-state index in [-0.39, 0.29) is 11.3 Å². The van der Waals surface area contributed by atoms with Crippen molar-refractivity contribution in [1.82, 2.24) is 9.97 Å². The summed E-state index contributed by atoms with van der Waals surface area (Å²) in [5.74, 6) is -1.04. The predicted molar refractivity (Wildman–Crippen MR) is 107 cm³/mol. The molecule has 0 saturated heterocycles. The van der Waals surface area contributed by atoms with Crippen LogP contribution in [0.2, 0.25) is 0 Å². The SMILES string of the molecule is CC.Cc1nc(Nc2ccccc2)nc(-c2ccc(O)c(C(=O)O)c2)c1C. The van der Waals surface area contributed by atoms with Crippen molar-refractivity contribution in [3.05, 3.63) is 65.4 Å². The molecule has 3 rings (SSSR count). The Morgan fingerprint density at radius 2 is 1.67 bits per heavy atom. The number of anilines is 2. The fraction of sp³-hybridized carbons (Fsp3) is 0.190. The Bertz CT molecular complexity index is 941. The summed E-state index contributed by atoms with van der Waals surface area (Å²) in [5.41, 5.74) is 3.55. The maximum Gasteiger partial charge on any atom is 0.339 e. The molecular weight excluding hydrogens is 342 g/mol. The summed E-state index contributed by atoms with van der Waals surface area (Å²) in [6.45, 7) is 7.75. The number of aromatic carboxylic acids is 1. The van der Waals surface area contributed by atoms with E-state index in [2.05, 4.69) is 15.3 Å². The van der Waals surface area contributed by atoms with Crippen LogP contribution in [0.5, 0.6) is 5.75 Å². The lowest BCUT2D eigenvalue weighted by Crippen LogP contribution is -2.04. The van der Waals surface area contributed by atoms with Gasteiger partial charge in [0.15, 0.2) is 0 Å². The van der Waals surface area contributed by atoms with Crippen LogP contribution in [-0.2, 0) is 0 Å². The van der Waals surface area contributed by atoms with Gasteiger partial charge in [-0.1, -0.05) is 32.0 Å². The summed E-state index contributed by atoms with van der Waals surface area (Å²) in [5, 5.41) is 22.0. The minimum absolute atomic E-state index is 0.161. The van der Waals surface area contributed by atoms with Crippen LogP contribution in [0.4, 0.5) is 11.6 Å². The first-order valence-electron chi connectivity index (χ1n) is 8.69. The Kier molecular flexibility index (Phi) is 6.49. The molecule has 3 aromatic rings. The normalized spacial score (nSPS) is 9.93. The van der Waals surface area contributed by atoms with Crippen LogP contribution < -0.4 is 5.32 Å². The van der Waals surface area contributed by atoms with Gasteiger partial charge in [-0.3, -0.25) is 0 Å². The van der Waals surface area contributed by atoms with Crippen molar-refractivity contribution in [2.45, 2.75) is 27.7 Å². The third kappa shape index (κ3) is 4.61. The number of hydrogen-bond donors (Lipinski definition) is 3. The summed E-state index contributed by atoms with van der Waals surface area (Å²) in [4.78, 5) is 20.2. The number of aryl methyl sites for hydroxylation is 1. The Morgan fingerprint density at radius 3 is 2.30 bits per heavy atom. The Morgan fingerprint density at radius 1 is 1.00 bits per heavy atom. The van der Waals surface area contributed by atoms with Crippen molar-refractivity contribution in [2.24, 2.45) is 0 Å². The van der Waals surface area contributed by atoms with Gasteiger partial charge in [0, 0.05) is 16.9 Å². The van der Waals surface area contributed by atoms with E-state index in [9.17, 15) is 15.0 Å². The van der Waals surface area contributed by atoms with E-state index in [4.69, 9.17) is 0 Å². The van der Waals surface area contributed by atoms with Gasteiger partial charge in [-0.2, -0.15) is 0 Å². The molecule has 0 fully saturated rings. The predicted octanol–water partition coefficient (Wildman–Crippen LogP) is 4.93. The molecule has 0 radical (unpaired) electrons. The largest absolute Gasteiger partial charge is 0.507 e. The van der Waals surface area contributed by atoms with Gasteiger partial charge < -0.3 is 15.5 Å². The van der Waals surface area contributed by atoms with Gasteiger partial charge >= 0.3 is 5.97 Å². The number of carboxylic acid groups (broad SMARTS) is 1. The number of nitrogens with zero attached hydrogens (tertiary/aromatic N) is 2. The van der Waals surface area contributed by atoms with E-state index >= 15 is 0 Å². The highest BCUT2D eigenvalue weighted by Gasteiger charge is 2.15. The van der Waals surface area contributed by atoms with Gasteiger partial charge in [0.25, 0.3) is 0 Å². The van der Waals surface area contributed by atoms with Crippen molar-refractivity contribution in [1.29, 1.82) is 0 Å². The molecule has 6 nitrogen and oxygen atoms in total. The summed E-state index contributed by atoms with van der Waals surface area (Å²) in [6.07, 6.45) is 0. The van der Waals surface area contributed by atoms with Gasteiger partial charge in [-0.15, -0.1) is 0 Å². The second-order valence-corrected chi connectivity index (χ2v) is 5.63. The minimum atomic E-state index is -1.19. The van der Waals surface area contributed by atoms with Crippen molar-refractivity contribution in [2.75, 3.05) is 5.32 Å². The number of phenols is 1. The molecule has 1 heterocycles. The first kappa shape index (κ1) is 19.9. The highest BCUT2D eigenvalue weighted by molar-refractivity contribution is 5.92. The molecule has 0 saturated carbocycles. The standard InChI is InChI=1S/C19H17N3O3.C2H6/c1-11-12(2)20-19(21-14-6-4-3-5-7-14)22-17(11)13-8-9-16(23)15(10-13)18(24)25;1-2/h3-10,23H,1-2H3,(H,24,25)(H,20,21,22);1-2H3. The molecule has 1 aromatic heterocycles. The number of rotatable bonds is 4. The molecule has 3 N–H and O–H groups in total. The summed E-state index contributed by atoms with van der Waals surface area (Å²) < 4.78 is 0. The van der Waals surface area contributed by atoms with Crippen LogP contribution in [0.25, 0.3) is 11.3 Å². The summed E-state index contributed by atoms with van der Waals surface area (Å²) in [6, 6.07) is 14.0. The van der Waals surface area contributed by atoms with Gasteiger partial charge in [0.2, 0.25) is 5.95 Å². The molecule has 140 valence electrons. The number of nitrogens with one attached hydrogen (secondary N) is 1. The molecule has 6 heteroatoms. The van der Waals surface area contributed by atoms with Crippen LogP contribution in [-0.4, -0.2) is 26.2 Å². The smallest absolute Gasteiger partial charge is 0.339 e. The molecule has 0 aliphatic heterocycles. The van der Waals surface area contributed by atoms with Crippen molar-refractivity contribution < 1.29 is 15.0 Å². The molecule has 2 aromatic carbocycles. The lowest BCUT2D eigenvalue weighted by molar-refractivity contribution is 0.0694. The molecule has 0 amide bonds. The first-order chi connectivity index (χ1) is 13.0. The average molecular weight is 365 g/mol. The average Bonchev–Trinajstić information content (AvgIpc) is 2.67. The van der Waals surface area contributed by atoms with E-state index in [0.717, 1.165) is 16.9 Å². The second-order valence-electron chi connectivity index (χ2n) is 5.63. The molecule has 0 bridgehead atoms. The highest BCUT2D eigenvalue weighted by atomic mass is 16.4. The van der Waals surface area contributed by atoms with Gasteiger partial charge in [0.05, 0.1) is 5.69 Å². The maximum atomic E-state index is 11.3. The highest BCUT2D eigenvalue weighted by Crippen LogP contribution is 2.29. The van der Waals surface area contributed by atoms with E-state index in [1.54, 1.807) is 6.07 Å². The number of hydrogen-bond acceptors (Lipinski definition) is 5. The van der Waals surface area contributed by atoms with Crippen LogP contribution in [0.15, 0.2) is 48.5 Å². The summed E-state index contributed by atoms with van der Waals surface area (Å²) >= 11 is 0. The zero-order valence-corrected chi connectivity index (χ0v) is 15.8. The van der Waals surface area contributed by atoms with Crippen molar-refractivity contribution in [3.8, 4) is 17.0 Å². The molecule has 0 atom stereocenters. The monoisotopic (exact) mass is 365 g/mol. The van der Waals surface area contributed by atoms with E-state index in [1.165, 1.54) is 12.1 Å². The third-order valence-electron chi connectivity index (χ3n) is 3.92. The topological polar surface area (TPSA) is 95.3 Å². The number of carbonyl (C=O) groups is 1. The quantitative estimate of drug-likeness (QED) is 0.606. The van der Waals surface area contributed by atoms with Crippen LogP contribution in [0, 0.1) is 13.8 Å². The van der Waals surface area contributed by atoms with Crippen LogP contribution >= 0.6 is 0 Å². The van der Waals surface area contributed by atoms with Gasteiger partial charge in [-0.05, 0) is 49.7 Å². The Hall–Kier alpha value is -3.41. The molecule has 0 unspecified atom stereocenters. The molecule has 0 aliphatic carbocycles. The van der Waals surface area contributed by atoms with Crippen molar-refractivity contribution in [3.63, 3.8) is 0 Å². The zero-order chi connectivity index (χ0) is 20.0. The first-order valence-corrected chi connectivity index (χ1v) is 8.69. The molecule has 0 aliphatic rings. The molecular formula is C21H23N3O3. The van der Waals surface area contributed by atoms with E-state index in [1.807, 2.05) is 58.0 Å². The molecule has 0 spiro atoms. The van der Waals surface area contributed by atoms with E-state index in [0.29, 0.717) is 17.2 Å². The maximum absolute atomic E-state index is 11.3. The number of aromatic hydroxyl groups is 1. The minimum Gasteiger partial charge on any atom is -0.507 e. The Labute approximate surface area is 158 Å². The number of benzene rings is 2. The van der Waals surface area contributed by atoms with Gasteiger partial charge in [-0.25, -0.2) is 14.8 Å². The van der Waals surface area contributed by atoms with E-state index < -0.39 is 5.97 Å².